The Hall–Kier alpha value is -3.18. The van der Waals surface area contributed by atoms with Gasteiger partial charge in [0.05, 0.1) is 5.69 Å². The van der Waals surface area contributed by atoms with E-state index in [2.05, 4.69) is 9.97 Å². The molecule has 0 atom stereocenters. The van der Waals surface area contributed by atoms with Gasteiger partial charge in [0.1, 0.15) is 5.69 Å². The maximum absolute atomic E-state index is 12.2. The predicted molar refractivity (Wildman–Crippen MR) is 119 cm³/mol. The summed E-state index contributed by atoms with van der Waals surface area (Å²) >= 11 is 6.55. The largest absolute Gasteiger partial charge is 0.477 e. The molecule has 29 heavy (non-hydrogen) atoms. The second kappa shape index (κ2) is 7.01. The fourth-order valence-electron chi connectivity index (χ4n) is 3.93. The first-order valence-electron chi connectivity index (χ1n) is 9.41. The SMILES string of the molecule is Cc1cc(Cl)c(-c2c(C(=O)O)[nH]c(-c3cccc4[nH]ccc34)c2C(C)C)cc1N. The molecule has 148 valence electrons. The zero-order valence-corrected chi connectivity index (χ0v) is 17.2. The van der Waals surface area contributed by atoms with Gasteiger partial charge in [-0.2, -0.15) is 0 Å². The van der Waals surface area contributed by atoms with Gasteiger partial charge in [-0.3, -0.25) is 0 Å². The van der Waals surface area contributed by atoms with Gasteiger partial charge in [-0.15, -0.1) is 0 Å². The number of aromatic amines is 2. The maximum atomic E-state index is 12.2. The van der Waals surface area contributed by atoms with Crippen LogP contribution in [0, 0.1) is 6.92 Å². The standard InChI is InChI=1S/C23H22ClN3O2/c1-11(2)19-20(15-10-17(25)12(3)9-16(15)24)22(23(28)29)27-21(19)14-5-4-6-18-13(14)7-8-26-18/h4-11,26-27H,25H2,1-3H3,(H,28,29). The van der Waals surface area contributed by atoms with E-state index < -0.39 is 5.97 Å². The molecule has 0 radical (unpaired) electrons. The molecule has 0 fully saturated rings. The summed E-state index contributed by atoms with van der Waals surface area (Å²) in [5.41, 5.74) is 12.5. The number of aromatic carboxylic acids is 1. The highest BCUT2D eigenvalue weighted by atomic mass is 35.5. The van der Waals surface area contributed by atoms with Crippen LogP contribution in [-0.4, -0.2) is 21.0 Å². The normalized spacial score (nSPS) is 11.5. The lowest BCUT2D eigenvalue weighted by atomic mass is 9.89. The molecule has 0 spiro atoms. The first-order chi connectivity index (χ1) is 13.8. The Morgan fingerprint density at radius 3 is 2.62 bits per heavy atom. The highest BCUT2D eigenvalue weighted by Gasteiger charge is 2.27. The summed E-state index contributed by atoms with van der Waals surface area (Å²) in [6, 6.07) is 11.5. The lowest BCUT2D eigenvalue weighted by molar-refractivity contribution is 0.0692. The molecule has 0 amide bonds. The number of carboxylic acid groups (broad SMARTS) is 1. The number of fused-ring (bicyclic) bond motifs is 1. The van der Waals surface area contributed by atoms with Gasteiger partial charge in [-0.05, 0) is 48.2 Å². The van der Waals surface area contributed by atoms with Gasteiger partial charge in [0.15, 0.2) is 0 Å². The molecule has 0 aliphatic rings. The van der Waals surface area contributed by atoms with Crippen molar-refractivity contribution in [1.29, 1.82) is 0 Å². The van der Waals surface area contributed by atoms with Gasteiger partial charge >= 0.3 is 5.97 Å². The molecular formula is C23H22ClN3O2. The van der Waals surface area contributed by atoms with E-state index in [1.807, 2.05) is 51.2 Å². The molecule has 0 bridgehead atoms. The number of hydrogen-bond acceptors (Lipinski definition) is 2. The second-order valence-corrected chi connectivity index (χ2v) is 7.96. The van der Waals surface area contributed by atoms with Gasteiger partial charge < -0.3 is 20.8 Å². The Labute approximate surface area is 173 Å². The van der Waals surface area contributed by atoms with E-state index in [1.165, 1.54) is 0 Å². The number of H-pyrrole nitrogens is 2. The molecule has 0 unspecified atom stereocenters. The molecule has 2 aromatic carbocycles. The number of aryl methyl sites for hydroxylation is 1. The Morgan fingerprint density at radius 2 is 1.93 bits per heavy atom. The third kappa shape index (κ3) is 3.08. The fourth-order valence-corrected chi connectivity index (χ4v) is 4.24. The average Bonchev–Trinajstić information content (AvgIpc) is 3.29. The van der Waals surface area contributed by atoms with Crippen molar-refractivity contribution in [1.82, 2.24) is 9.97 Å². The van der Waals surface area contributed by atoms with Gasteiger partial charge in [0.25, 0.3) is 0 Å². The molecule has 0 aliphatic heterocycles. The van der Waals surface area contributed by atoms with Gasteiger partial charge in [-0.1, -0.05) is 37.6 Å². The van der Waals surface area contributed by atoms with E-state index in [4.69, 9.17) is 17.3 Å². The molecule has 2 heterocycles. The molecule has 2 aromatic heterocycles. The van der Waals surface area contributed by atoms with Crippen molar-refractivity contribution >= 4 is 34.2 Å². The number of halogens is 1. The molecule has 5 N–H and O–H groups in total. The van der Waals surface area contributed by atoms with Crippen LogP contribution in [0.2, 0.25) is 5.02 Å². The molecule has 6 heteroatoms. The number of benzene rings is 2. The molecule has 4 aromatic rings. The first kappa shape index (κ1) is 19.2. The van der Waals surface area contributed by atoms with Crippen molar-refractivity contribution in [2.24, 2.45) is 0 Å². The van der Waals surface area contributed by atoms with Crippen molar-refractivity contribution in [2.75, 3.05) is 5.73 Å². The summed E-state index contributed by atoms with van der Waals surface area (Å²) in [6.45, 7) is 5.97. The monoisotopic (exact) mass is 407 g/mol. The fraction of sp³-hybridized carbons (Fsp3) is 0.174. The lowest BCUT2D eigenvalue weighted by Crippen LogP contribution is -2.01. The number of rotatable bonds is 4. The summed E-state index contributed by atoms with van der Waals surface area (Å²) in [7, 11) is 0. The second-order valence-electron chi connectivity index (χ2n) is 7.56. The Bertz CT molecular complexity index is 1250. The van der Waals surface area contributed by atoms with Crippen molar-refractivity contribution in [3.05, 3.63) is 64.4 Å². The number of hydrogen-bond donors (Lipinski definition) is 4. The van der Waals surface area contributed by atoms with Crippen LogP contribution in [0.1, 0.15) is 41.4 Å². The van der Waals surface area contributed by atoms with Crippen LogP contribution < -0.4 is 5.73 Å². The minimum Gasteiger partial charge on any atom is -0.477 e. The minimum atomic E-state index is -1.04. The Balaban J connectivity index is 2.11. The molecule has 4 rings (SSSR count). The Kier molecular flexibility index (Phi) is 4.63. The topological polar surface area (TPSA) is 94.9 Å². The molecular weight excluding hydrogens is 386 g/mol. The number of anilines is 1. The summed E-state index contributed by atoms with van der Waals surface area (Å²) in [5.74, 6) is -0.984. The number of carboxylic acids is 1. The van der Waals surface area contributed by atoms with Crippen molar-refractivity contribution in [2.45, 2.75) is 26.7 Å². The first-order valence-corrected chi connectivity index (χ1v) is 9.79. The molecule has 0 aliphatic carbocycles. The smallest absolute Gasteiger partial charge is 0.352 e. The molecule has 0 saturated heterocycles. The van der Waals surface area contributed by atoms with Crippen LogP contribution in [0.25, 0.3) is 33.3 Å². The third-order valence-electron chi connectivity index (χ3n) is 5.32. The summed E-state index contributed by atoms with van der Waals surface area (Å²) in [6.07, 6.45) is 1.88. The van der Waals surface area contributed by atoms with E-state index >= 15 is 0 Å². The van der Waals surface area contributed by atoms with Crippen molar-refractivity contribution < 1.29 is 9.90 Å². The van der Waals surface area contributed by atoms with Crippen LogP contribution in [0.5, 0.6) is 0 Å². The van der Waals surface area contributed by atoms with E-state index in [9.17, 15) is 9.90 Å². The highest BCUT2D eigenvalue weighted by molar-refractivity contribution is 6.34. The third-order valence-corrected chi connectivity index (χ3v) is 5.63. The van der Waals surface area contributed by atoms with Gasteiger partial charge in [0.2, 0.25) is 0 Å². The van der Waals surface area contributed by atoms with E-state index in [0.717, 1.165) is 33.3 Å². The van der Waals surface area contributed by atoms with Gasteiger partial charge in [0, 0.05) is 44.5 Å². The molecule has 0 saturated carbocycles. The zero-order valence-electron chi connectivity index (χ0n) is 16.4. The quantitative estimate of drug-likeness (QED) is 0.303. The van der Waals surface area contributed by atoms with Gasteiger partial charge in [-0.25, -0.2) is 4.79 Å². The Morgan fingerprint density at radius 1 is 1.17 bits per heavy atom. The summed E-state index contributed by atoms with van der Waals surface area (Å²) in [4.78, 5) is 18.6. The van der Waals surface area contributed by atoms with E-state index in [-0.39, 0.29) is 11.6 Å². The van der Waals surface area contributed by atoms with Crippen LogP contribution in [0.3, 0.4) is 0 Å². The van der Waals surface area contributed by atoms with Crippen LogP contribution in [0.4, 0.5) is 5.69 Å². The van der Waals surface area contributed by atoms with Crippen molar-refractivity contribution in [3.63, 3.8) is 0 Å². The van der Waals surface area contributed by atoms with Crippen molar-refractivity contribution in [3.8, 4) is 22.4 Å². The number of nitrogen functional groups attached to an aromatic ring is 1. The number of nitrogens with one attached hydrogen (secondary N) is 2. The van der Waals surface area contributed by atoms with E-state index in [1.54, 1.807) is 12.1 Å². The number of carbonyl (C=O) groups is 1. The minimum absolute atomic E-state index is 0.0529. The lowest BCUT2D eigenvalue weighted by Gasteiger charge is -2.15. The predicted octanol–water partition coefficient (Wildman–Crippen LogP) is 6.20. The number of nitrogens with two attached hydrogens (primary N) is 1. The van der Waals surface area contributed by atoms with E-state index in [0.29, 0.717) is 21.8 Å². The zero-order chi connectivity index (χ0) is 20.9. The van der Waals surface area contributed by atoms with Crippen LogP contribution >= 0.6 is 11.6 Å². The number of aromatic nitrogens is 2. The van der Waals surface area contributed by atoms with Crippen LogP contribution in [-0.2, 0) is 0 Å². The maximum Gasteiger partial charge on any atom is 0.352 e. The summed E-state index contributed by atoms with van der Waals surface area (Å²) < 4.78 is 0. The van der Waals surface area contributed by atoms with Crippen LogP contribution in [0.15, 0.2) is 42.6 Å². The summed E-state index contributed by atoms with van der Waals surface area (Å²) in [5, 5.41) is 11.5. The average molecular weight is 408 g/mol. The highest BCUT2D eigenvalue weighted by Crippen LogP contribution is 2.44. The molecule has 5 nitrogen and oxygen atoms in total.